The standard InChI is InChI=1S/C23H25IO3/c1-15-16(2)22(12-8-17(15)9-13-23(25)26)27-14-19-4-3-5-21(19)18-6-10-20(24)11-7-18/h6-8,10-12H,3-5,9,13-14H2,1-2H3,(H,25,26). The number of carbonyl (C=O) groups is 1. The van der Waals surface area contributed by atoms with E-state index in [2.05, 4.69) is 53.8 Å². The summed E-state index contributed by atoms with van der Waals surface area (Å²) in [5, 5.41) is 8.90. The molecule has 3 nitrogen and oxygen atoms in total. The fourth-order valence-corrected chi connectivity index (χ4v) is 4.01. The Hall–Kier alpha value is -1.82. The Labute approximate surface area is 174 Å². The molecule has 0 spiro atoms. The summed E-state index contributed by atoms with van der Waals surface area (Å²) in [4.78, 5) is 10.8. The Morgan fingerprint density at radius 3 is 2.52 bits per heavy atom. The molecule has 4 heteroatoms. The summed E-state index contributed by atoms with van der Waals surface area (Å²) in [6.45, 7) is 4.72. The van der Waals surface area contributed by atoms with Crippen LogP contribution in [0.15, 0.2) is 42.0 Å². The van der Waals surface area contributed by atoms with Crippen molar-refractivity contribution in [2.75, 3.05) is 6.61 Å². The van der Waals surface area contributed by atoms with Gasteiger partial charge in [0.1, 0.15) is 12.4 Å². The average molecular weight is 476 g/mol. The molecule has 1 aliphatic carbocycles. The van der Waals surface area contributed by atoms with Crippen molar-refractivity contribution < 1.29 is 14.6 Å². The number of rotatable bonds is 7. The Balaban J connectivity index is 1.74. The van der Waals surface area contributed by atoms with Gasteiger partial charge in [0.15, 0.2) is 0 Å². The monoisotopic (exact) mass is 476 g/mol. The van der Waals surface area contributed by atoms with Crippen LogP contribution >= 0.6 is 22.6 Å². The van der Waals surface area contributed by atoms with Crippen LogP contribution in [0.4, 0.5) is 0 Å². The third-order valence-corrected chi connectivity index (χ3v) is 6.10. The van der Waals surface area contributed by atoms with E-state index in [9.17, 15) is 4.79 Å². The highest BCUT2D eigenvalue weighted by Crippen LogP contribution is 2.35. The van der Waals surface area contributed by atoms with Crippen LogP contribution < -0.4 is 4.74 Å². The zero-order chi connectivity index (χ0) is 19.4. The van der Waals surface area contributed by atoms with E-state index in [4.69, 9.17) is 9.84 Å². The maximum Gasteiger partial charge on any atom is 0.303 e. The van der Waals surface area contributed by atoms with Crippen molar-refractivity contribution in [3.05, 3.63) is 67.8 Å². The van der Waals surface area contributed by atoms with Crippen molar-refractivity contribution in [2.24, 2.45) is 0 Å². The lowest BCUT2D eigenvalue weighted by molar-refractivity contribution is -0.136. The number of aliphatic carboxylic acids is 1. The Kier molecular flexibility index (Phi) is 6.58. The van der Waals surface area contributed by atoms with Gasteiger partial charge in [-0.1, -0.05) is 18.2 Å². The van der Waals surface area contributed by atoms with Gasteiger partial charge in [-0.3, -0.25) is 4.79 Å². The molecule has 0 saturated carbocycles. The number of hydrogen-bond donors (Lipinski definition) is 1. The second kappa shape index (κ2) is 8.91. The summed E-state index contributed by atoms with van der Waals surface area (Å²) in [5.41, 5.74) is 7.45. The van der Waals surface area contributed by atoms with E-state index in [1.807, 2.05) is 19.1 Å². The maximum atomic E-state index is 10.8. The van der Waals surface area contributed by atoms with Crippen molar-refractivity contribution in [3.63, 3.8) is 0 Å². The number of carboxylic acid groups (broad SMARTS) is 1. The minimum Gasteiger partial charge on any atom is -0.489 e. The molecule has 2 aromatic rings. The number of hydrogen-bond acceptors (Lipinski definition) is 2. The maximum absolute atomic E-state index is 10.8. The quantitative estimate of drug-likeness (QED) is 0.503. The molecule has 0 unspecified atom stereocenters. The number of ether oxygens (including phenoxy) is 1. The van der Waals surface area contributed by atoms with Crippen molar-refractivity contribution >= 4 is 34.1 Å². The zero-order valence-electron chi connectivity index (χ0n) is 15.8. The van der Waals surface area contributed by atoms with Crippen molar-refractivity contribution in [3.8, 4) is 5.75 Å². The summed E-state index contributed by atoms with van der Waals surface area (Å²) in [6.07, 6.45) is 4.12. The molecule has 142 valence electrons. The summed E-state index contributed by atoms with van der Waals surface area (Å²) < 4.78 is 7.43. The van der Waals surface area contributed by atoms with E-state index in [1.165, 1.54) is 26.7 Å². The predicted molar refractivity (Wildman–Crippen MR) is 117 cm³/mol. The molecule has 0 radical (unpaired) electrons. The van der Waals surface area contributed by atoms with Crippen LogP contribution in [0, 0.1) is 17.4 Å². The van der Waals surface area contributed by atoms with Gasteiger partial charge in [0.25, 0.3) is 0 Å². The van der Waals surface area contributed by atoms with Gasteiger partial charge in [0.2, 0.25) is 0 Å². The van der Waals surface area contributed by atoms with E-state index in [0.717, 1.165) is 35.3 Å². The van der Waals surface area contributed by atoms with Crippen LogP contribution in [0.5, 0.6) is 5.75 Å². The summed E-state index contributed by atoms with van der Waals surface area (Å²) in [6, 6.07) is 12.7. The van der Waals surface area contributed by atoms with Crippen LogP contribution in [-0.4, -0.2) is 17.7 Å². The summed E-state index contributed by atoms with van der Waals surface area (Å²) in [5.74, 6) is 0.136. The molecule has 0 aromatic heterocycles. The first kappa shape index (κ1) is 19.9. The highest BCUT2D eigenvalue weighted by molar-refractivity contribution is 14.1. The molecule has 0 amide bonds. The Bertz CT molecular complexity index is 866. The van der Waals surface area contributed by atoms with E-state index < -0.39 is 5.97 Å². The van der Waals surface area contributed by atoms with Gasteiger partial charge in [-0.15, -0.1) is 0 Å². The number of benzene rings is 2. The zero-order valence-corrected chi connectivity index (χ0v) is 18.0. The number of allylic oxidation sites excluding steroid dienone is 1. The van der Waals surface area contributed by atoms with Gasteiger partial charge in [-0.05, 0) is 114 Å². The Morgan fingerprint density at radius 1 is 1.07 bits per heavy atom. The molecule has 0 bridgehead atoms. The first-order chi connectivity index (χ1) is 13.0. The van der Waals surface area contributed by atoms with Crippen molar-refractivity contribution in [1.29, 1.82) is 0 Å². The van der Waals surface area contributed by atoms with Crippen LogP contribution in [0.3, 0.4) is 0 Å². The highest BCUT2D eigenvalue weighted by atomic mass is 127. The van der Waals surface area contributed by atoms with Gasteiger partial charge in [0, 0.05) is 9.99 Å². The average Bonchev–Trinajstić information content (AvgIpc) is 3.11. The van der Waals surface area contributed by atoms with Gasteiger partial charge < -0.3 is 9.84 Å². The topological polar surface area (TPSA) is 46.5 Å². The highest BCUT2D eigenvalue weighted by Gasteiger charge is 2.17. The SMILES string of the molecule is Cc1c(CCC(=O)O)ccc(OCC2=C(c3ccc(I)cc3)CCC2)c1C. The molecule has 0 aliphatic heterocycles. The van der Waals surface area contributed by atoms with Gasteiger partial charge in [0.05, 0.1) is 0 Å². The smallest absolute Gasteiger partial charge is 0.303 e. The van der Waals surface area contributed by atoms with E-state index >= 15 is 0 Å². The van der Waals surface area contributed by atoms with Crippen LogP contribution in [0.25, 0.3) is 5.57 Å². The molecule has 0 atom stereocenters. The molecule has 1 N–H and O–H groups in total. The van der Waals surface area contributed by atoms with Gasteiger partial charge in [-0.2, -0.15) is 0 Å². The van der Waals surface area contributed by atoms with Gasteiger partial charge in [-0.25, -0.2) is 0 Å². The van der Waals surface area contributed by atoms with Gasteiger partial charge >= 0.3 is 5.97 Å². The number of carboxylic acids is 1. The summed E-state index contributed by atoms with van der Waals surface area (Å²) in [7, 11) is 0. The van der Waals surface area contributed by atoms with E-state index in [-0.39, 0.29) is 6.42 Å². The molecule has 0 saturated heterocycles. The first-order valence-electron chi connectivity index (χ1n) is 9.36. The molecular weight excluding hydrogens is 451 g/mol. The molecular formula is C23H25IO3. The minimum absolute atomic E-state index is 0.159. The Morgan fingerprint density at radius 2 is 1.81 bits per heavy atom. The lowest BCUT2D eigenvalue weighted by atomic mass is 9.99. The minimum atomic E-state index is -0.760. The molecule has 2 aromatic carbocycles. The fraction of sp³-hybridized carbons (Fsp3) is 0.348. The lowest BCUT2D eigenvalue weighted by Gasteiger charge is -2.15. The third-order valence-electron chi connectivity index (χ3n) is 5.38. The molecule has 0 fully saturated rings. The number of halogens is 1. The second-order valence-corrected chi connectivity index (χ2v) is 8.34. The van der Waals surface area contributed by atoms with E-state index in [0.29, 0.717) is 13.0 Å². The van der Waals surface area contributed by atoms with Crippen LogP contribution in [0.2, 0.25) is 0 Å². The second-order valence-electron chi connectivity index (χ2n) is 7.10. The fourth-order valence-electron chi connectivity index (χ4n) is 3.65. The lowest BCUT2D eigenvalue weighted by Crippen LogP contribution is -2.05. The molecule has 3 rings (SSSR count). The normalized spacial score (nSPS) is 13.9. The van der Waals surface area contributed by atoms with Crippen molar-refractivity contribution in [2.45, 2.75) is 46.0 Å². The van der Waals surface area contributed by atoms with E-state index in [1.54, 1.807) is 0 Å². The first-order valence-corrected chi connectivity index (χ1v) is 10.4. The molecule has 1 aliphatic rings. The van der Waals surface area contributed by atoms with Crippen LogP contribution in [-0.2, 0) is 11.2 Å². The number of aryl methyl sites for hydroxylation is 1. The summed E-state index contributed by atoms with van der Waals surface area (Å²) >= 11 is 2.33. The largest absolute Gasteiger partial charge is 0.489 e. The van der Waals surface area contributed by atoms with Crippen molar-refractivity contribution in [1.82, 2.24) is 0 Å². The third kappa shape index (κ3) is 4.92. The molecule has 0 heterocycles. The predicted octanol–water partition coefficient (Wildman–Crippen LogP) is 5.94. The van der Waals surface area contributed by atoms with Crippen LogP contribution in [0.1, 0.15) is 47.9 Å². The molecule has 27 heavy (non-hydrogen) atoms.